The lowest BCUT2D eigenvalue weighted by molar-refractivity contribution is -0.119. The number of halogens is 1. The van der Waals surface area contributed by atoms with Gasteiger partial charge in [0.25, 0.3) is 5.91 Å². The fourth-order valence-corrected chi connectivity index (χ4v) is 2.23. The van der Waals surface area contributed by atoms with Gasteiger partial charge in [-0.2, -0.15) is 0 Å². The number of hydrogen-bond acceptors (Lipinski definition) is 6. The van der Waals surface area contributed by atoms with Gasteiger partial charge in [-0.25, -0.2) is 9.59 Å². The molecule has 1 amide bonds. The van der Waals surface area contributed by atoms with Gasteiger partial charge in [-0.3, -0.25) is 4.79 Å². The number of anilines is 1. The molecule has 0 bridgehead atoms. The summed E-state index contributed by atoms with van der Waals surface area (Å²) >= 11 is 5.86. The number of carbonyl (C=O) groups excluding carboxylic acids is 3. The van der Waals surface area contributed by atoms with Gasteiger partial charge in [0.2, 0.25) is 0 Å². The highest BCUT2D eigenvalue weighted by Gasteiger charge is 2.16. The molecule has 2 aromatic carbocycles. The van der Waals surface area contributed by atoms with Crippen LogP contribution in [0.3, 0.4) is 0 Å². The van der Waals surface area contributed by atoms with Crippen LogP contribution in [0.1, 0.15) is 20.7 Å². The molecule has 7 nitrogen and oxygen atoms in total. The average Bonchev–Trinajstić information content (AvgIpc) is 2.66. The molecule has 1 N–H and O–H groups in total. The molecule has 0 spiro atoms. The van der Waals surface area contributed by atoms with Crippen molar-refractivity contribution in [3.05, 3.63) is 58.6 Å². The van der Waals surface area contributed by atoms with Crippen LogP contribution in [0.25, 0.3) is 0 Å². The van der Waals surface area contributed by atoms with Crippen molar-refractivity contribution in [1.82, 2.24) is 0 Å². The molecule has 0 saturated carbocycles. The first-order valence-corrected chi connectivity index (χ1v) is 7.81. The van der Waals surface area contributed by atoms with Crippen LogP contribution >= 0.6 is 11.6 Å². The van der Waals surface area contributed by atoms with E-state index in [2.05, 4.69) is 10.1 Å². The third-order valence-corrected chi connectivity index (χ3v) is 3.54. The smallest absolute Gasteiger partial charge is 0.342 e. The Kier molecular flexibility index (Phi) is 6.57. The van der Waals surface area contributed by atoms with Crippen LogP contribution in [-0.2, 0) is 14.3 Å². The fourth-order valence-electron chi connectivity index (χ4n) is 2.05. The van der Waals surface area contributed by atoms with Gasteiger partial charge < -0.3 is 19.5 Å². The summed E-state index contributed by atoms with van der Waals surface area (Å²) in [5, 5.41) is 2.89. The summed E-state index contributed by atoms with van der Waals surface area (Å²) in [5.74, 6) is -1.46. The highest BCUT2D eigenvalue weighted by molar-refractivity contribution is 6.31. The zero-order valence-corrected chi connectivity index (χ0v) is 14.8. The maximum Gasteiger partial charge on any atom is 0.342 e. The second kappa shape index (κ2) is 8.87. The predicted molar refractivity (Wildman–Crippen MR) is 94.7 cm³/mol. The van der Waals surface area contributed by atoms with Crippen LogP contribution in [0.2, 0.25) is 5.02 Å². The van der Waals surface area contributed by atoms with Gasteiger partial charge in [0.05, 0.1) is 19.8 Å². The summed E-state index contributed by atoms with van der Waals surface area (Å²) in [6, 6.07) is 10.6. The van der Waals surface area contributed by atoms with Crippen LogP contribution in [0.5, 0.6) is 5.75 Å². The molecular weight excluding hydrogens is 362 g/mol. The molecule has 0 heterocycles. The fraction of sp³-hybridized carbons (Fsp3) is 0.167. The molecule has 136 valence electrons. The summed E-state index contributed by atoms with van der Waals surface area (Å²) in [6.45, 7) is -0.493. The van der Waals surface area contributed by atoms with Gasteiger partial charge in [0.15, 0.2) is 6.61 Å². The van der Waals surface area contributed by atoms with Crippen LogP contribution in [0.15, 0.2) is 42.5 Å². The number of carbonyl (C=O) groups is 3. The van der Waals surface area contributed by atoms with Gasteiger partial charge in [-0.1, -0.05) is 11.6 Å². The molecule has 0 radical (unpaired) electrons. The summed E-state index contributed by atoms with van der Waals surface area (Å²) in [4.78, 5) is 35.3. The number of hydrogen-bond donors (Lipinski definition) is 1. The Bertz CT molecular complexity index is 819. The molecule has 0 unspecified atom stereocenters. The maximum absolute atomic E-state index is 12.1. The quantitative estimate of drug-likeness (QED) is 0.778. The minimum atomic E-state index is -0.736. The molecule has 0 aliphatic carbocycles. The van der Waals surface area contributed by atoms with E-state index in [-0.39, 0.29) is 5.56 Å². The highest BCUT2D eigenvalue weighted by atomic mass is 35.5. The number of benzene rings is 2. The van der Waals surface area contributed by atoms with E-state index in [1.807, 2.05) is 0 Å². The first-order chi connectivity index (χ1) is 12.4. The maximum atomic E-state index is 12.1. The zero-order valence-electron chi connectivity index (χ0n) is 14.1. The normalized spacial score (nSPS) is 9.96. The van der Waals surface area contributed by atoms with Crippen LogP contribution in [-0.4, -0.2) is 38.7 Å². The number of methoxy groups -OCH3 is 2. The molecular formula is C18H16ClNO6. The molecule has 2 aromatic rings. The zero-order chi connectivity index (χ0) is 19.1. The monoisotopic (exact) mass is 377 g/mol. The van der Waals surface area contributed by atoms with Crippen molar-refractivity contribution in [2.75, 3.05) is 26.1 Å². The van der Waals surface area contributed by atoms with E-state index < -0.39 is 24.5 Å². The van der Waals surface area contributed by atoms with E-state index in [1.165, 1.54) is 50.6 Å². The van der Waals surface area contributed by atoms with E-state index in [0.717, 1.165) is 0 Å². The van der Waals surface area contributed by atoms with Gasteiger partial charge in [0.1, 0.15) is 11.3 Å². The molecule has 8 heteroatoms. The number of rotatable bonds is 6. The van der Waals surface area contributed by atoms with Crippen molar-refractivity contribution >= 4 is 35.1 Å². The Morgan fingerprint density at radius 3 is 2.31 bits per heavy atom. The van der Waals surface area contributed by atoms with E-state index in [0.29, 0.717) is 22.0 Å². The van der Waals surface area contributed by atoms with E-state index in [4.69, 9.17) is 21.1 Å². The number of ether oxygens (including phenoxy) is 3. The van der Waals surface area contributed by atoms with Crippen molar-refractivity contribution in [1.29, 1.82) is 0 Å². The van der Waals surface area contributed by atoms with E-state index >= 15 is 0 Å². The van der Waals surface area contributed by atoms with Crippen LogP contribution in [0.4, 0.5) is 5.69 Å². The molecule has 2 rings (SSSR count). The molecule has 0 atom stereocenters. The third kappa shape index (κ3) is 4.97. The van der Waals surface area contributed by atoms with Gasteiger partial charge >= 0.3 is 11.9 Å². The van der Waals surface area contributed by atoms with Crippen molar-refractivity contribution in [3.8, 4) is 5.75 Å². The van der Waals surface area contributed by atoms with E-state index in [9.17, 15) is 14.4 Å². The number of amides is 1. The average molecular weight is 378 g/mol. The van der Waals surface area contributed by atoms with Crippen molar-refractivity contribution < 1.29 is 28.6 Å². The molecule has 0 aromatic heterocycles. The first kappa shape index (κ1) is 19.3. The SMILES string of the molecule is COC(=O)c1ccc(NC(=O)COC(=O)c2cc(Cl)ccc2OC)cc1. The third-order valence-electron chi connectivity index (χ3n) is 3.31. The van der Waals surface area contributed by atoms with Gasteiger partial charge in [0, 0.05) is 10.7 Å². The lowest BCUT2D eigenvalue weighted by atomic mass is 10.2. The largest absolute Gasteiger partial charge is 0.496 e. The van der Waals surface area contributed by atoms with Crippen molar-refractivity contribution in [2.24, 2.45) is 0 Å². The van der Waals surface area contributed by atoms with Crippen LogP contribution in [0, 0.1) is 0 Å². The molecule has 0 aliphatic rings. The van der Waals surface area contributed by atoms with Crippen molar-refractivity contribution in [3.63, 3.8) is 0 Å². The predicted octanol–water partition coefficient (Wildman–Crippen LogP) is 2.93. The van der Waals surface area contributed by atoms with Gasteiger partial charge in [-0.15, -0.1) is 0 Å². The van der Waals surface area contributed by atoms with Crippen molar-refractivity contribution in [2.45, 2.75) is 0 Å². The highest BCUT2D eigenvalue weighted by Crippen LogP contribution is 2.23. The summed E-state index contributed by atoms with van der Waals surface area (Å²) in [6.07, 6.45) is 0. The summed E-state index contributed by atoms with van der Waals surface area (Å²) in [5.41, 5.74) is 0.916. The Labute approximate surface area is 154 Å². The minimum Gasteiger partial charge on any atom is -0.496 e. The Balaban J connectivity index is 1.93. The minimum absolute atomic E-state index is 0.121. The van der Waals surface area contributed by atoms with E-state index in [1.54, 1.807) is 6.07 Å². The Hall–Kier alpha value is -3.06. The Morgan fingerprint density at radius 2 is 1.69 bits per heavy atom. The lowest BCUT2D eigenvalue weighted by Gasteiger charge is -2.10. The number of esters is 2. The lowest BCUT2D eigenvalue weighted by Crippen LogP contribution is -2.21. The molecule has 0 saturated heterocycles. The second-order valence-electron chi connectivity index (χ2n) is 5.04. The Morgan fingerprint density at radius 1 is 1.00 bits per heavy atom. The summed E-state index contributed by atoms with van der Waals surface area (Å²) < 4.78 is 14.6. The van der Waals surface area contributed by atoms with Gasteiger partial charge in [-0.05, 0) is 42.5 Å². The summed E-state index contributed by atoms with van der Waals surface area (Å²) in [7, 11) is 2.69. The first-order valence-electron chi connectivity index (χ1n) is 7.43. The number of nitrogens with one attached hydrogen (secondary N) is 1. The molecule has 0 aliphatic heterocycles. The van der Waals surface area contributed by atoms with Crippen LogP contribution < -0.4 is 10.1 Å². The standard InChI is InChI=1S/C18H16ClNO6/c1-24-15-8-5-12(19)9-14(15)18(23)26-10-16(21)20-13-6-3-11(4-7-13)17(22)25-2/h3-9H,10H2,1-2H3,(H,20,21). The molecule has 26 heavy (non-hydrogen) atoms. The topological polar surface area (TPSA) is 90.9 Å². The molecule has 0 fully saturated rings. The second-order valence-corrected chi connectivity index (χ2v) is 5.47.